The zero-order valence-electron chi connectivity index (χ0n) is 16.0. The number of aryl methyl sites for hydroxylation is 1. The lowest BCUT2D eigenvalue weighted by molar-refractivity contribution is 0.0586. The molecule has 0 spiro atoms. The van der Waals surface area contributed by atoms with E-state index in [4.69, 9.17) is 14.2 Å². The quantitative estimate of drug-likeness (QED) is 0.790. The second-order valence-corrected chi connectivity index (χ2v) is 7.21. The molecule has 2 aromatic heterocycles. The Balaban J connectivity index is 1.32. The monoisotopic (exact) mass is 383 g/mol. The van der Waals surface area contributed by atoms with Gasteiger partial charge >= 0.3 is 0 Å². The van der Waals surface area contributed by atoms with Gasteiger partial charge in [0, 0.05) is 61.9 Å². The summed E-state index contributed by atoms with van der Waals surface area (Å²) in [6, 6.07) is 9.22. The van der Waals surface area contributed by atoms with Gasteiger partial charge in [-0.3, -0.25) is 4.79 Å². The van der Waals surface area contributed by atoms with Gasteiger partial charge in [0.15, 0.2) is 0 Å². The zero-order valence-corrected chi connectivity index (χ0v) is 16.0. The summed E-state index contributed by atoms with van der Waals surface area (Å²) in [5.41, 5.74) is 1.54. The highest BCUT2D eigenvalue weighted by atomic mass is 16.5. The summed E-state index contributed by atoms with van der Waals surface area (Å²) in [5.74, 6) is 1.13. The smallest absolute Gasteiger partial charge is 0.254 e. The van der Waals surface area contributed by atoms with Crippen molar-refractivity contribution < 1.29 is 19.0 Å². The van der Waals surface area contributed by atoms with Crippen molar-refractivity contribution in [2.45, 2.75) is 38.4 Å². The average Bonchev–Trinajstić information content (AvgIpc) is 3.21. The van der Waals surface area contributed by atoms with Crippen LogP contribution < -0.4 is 9.47 Å². The molecule has 0 aromatic carbocycles. The fourth-order valence-electron chi connectivity index (χ4n) is 3.50. The van der Waals surface area contributed by atoms with E-state index in [2.05, 4.69) is 9.97 Å². The highest BCUT2D eigenvalue weighted by Crippen LogP contribution is 2.21. The molecule has 28 heavy (non-hydrogen) atoms. The standard InChI is InChI=1S/C21H25N3O4/c1-15-3-2-4-19(23-15)27-17-6-10-24(11-7-17)21(25)16-5-9-22-20(13-16)28-18-8-12-26-14-18/h2-5,9,13,17-18H,6-8,10-12,14H2,1H3/t18-/m0/s1. The number of nitrogens with zero attached hydrogens (tertiary/aromatic N) is 3. The molecule has 4 heterocycles. The maximum Gasteiger partial charge on any atom is 0.254 e. The Morgan fingerprint density at radius 3 is 2.68 bits per heavy atom. The van der Waals surface area contributed by atoms with E-state index in [1.807, 2.05) is 30.0 Å². The Hall–Kier alpha value is -2.67. The molecule has 0 unspecified atom stereocenters. The van der Waals surface area contributed by atoms with Gasteiger partial charge in [-0.15, -0.1) is 0 Å². The van der Waals surface area contributed by atoms with Gasteiger partial charge in [0.2, 0.25) is 11.8 Å². The number of likely N-dealkylation sites (tertiary alicyclic amines) is 1. The van der Waals surface area contributed by atoms with Crippen LogP contribution in [0.1, 0.15) is 35.3 Å². The minimum atomic E-state index is 0.00190. The van der Waals surface area contributed by atoms with E-state index in [9.17, 15) is 4.79 Å². The van der Waals surface area contributed by atoms with Gasteiger partial charge in [-0.05, 0) is 19.1 Å². The van der Waals surface area contributed by atoms with Crippen molar-refractivity contribution >= 4 is 5.91 Å². The molecule has 2 fully saturated rings. The predicted octanol–water partition coefficient (Wildman–Crippen LogP) is 2.64. The lowest BCUT2D eigenvalue weighted by Crippen LogP contribution is -2.41. The Labute approximate surface area is 164 Å². The summed E-state index contributed by atoms with van der Waals surface area (Å²) in [5, 5.41) is 0. The fourth-order valence-corrected chi connectivity index (χ4v) is 3.50. The summed E-state index contributed by atoms with van der Waals surface area (Å²) in [7, 11) is 0. The molecule has 2 aromatic rings. The molecule has 2 aliphatic rings. The second kappa shape index (κ2) is 8.56. The number of ether oxygens (including phenoxy) is 3. The molecule has 1 amide bonds. The van der Waals surface area contributed by atoms with Gasteiger partial charge < -0.3 is 19.1 Å². The molecule has 0 N–H and O–H groups in total. The van der Waals surface area contributed by atoms with Crippen LogP contribution >= 0.6 is 0 Å². The molecule has 7 nitrogen and oxygen atoms in total. The molecule has 4 rings (SSSR count). The molecule has 2 saturated heterocycles. The van der Waals surface area contributed by atoms with Crippen LogP contribution in [0.3, 0.4) is 0 Å². The third-order valence-electron chi connectivity index (χ3n) is 5.04. The highest BCUT2D eigenvalue weighted by Gasteiger charge is 2.26. The van der Waals surface area contributed by atoms with E-state index in [0.717, 1.165) is 25.0 Å². The molecule has 148 valence electrons. The Kier molecular flexibility index (Phi) is 5.71. The molecule has 0 radical (unpaired) electrons. The second-order valence-electron chi connectivity index (χ2n) is 7.21. The van der Waals surface area contributed by atoms with Crippen LogP contribution in [0.25, 0.3) is 0 Å². The highest BCUT2D eigenvalue weighted by molar-refractivity contribution is 5.94. The van der Waals surface area contributed by atoms with Crippen LogP contribution in [-0.2, 0) is 4.74 Å². The first-order chi connectivity index (χ1) is 13.7. The number of aromatic nitrogens is 2. The van der Waals surface area contributed by atoms with Crippen molar-refractivity contribution in [2.24, 2.45) is 0 Å². The van der Waals surface area contributed by atoms with Crippen LogP contribution in [0.2, 0.25) is 0 Å². The Bertz CT molecular complexity index is 815. The van der Waals surface area contributed by atoms with Crippen molar-refractivity contribution in [3.05, 3.63) is 47.8 Å². The van der Waals surface area contributed by atoms with Crippen molar-refractivity contribution in [1.29, 1.82) is 0 Å². The number of hydrogen-bond acceptors (Lipinski definition) is 6. The first-order valence-corrected chi connectivity index (χ1v) is 9.77. The van der Waals surface area contributed by atoms with Gasteiger partial charge in [0.25, 0.3) is 5.91 Å². The maximum absolute atomic E-state index is 12.9. The van der Waals surface area contributed by atoms with E-state index in [-0.39, 0.29) is 18.1 Å². The molecule has 0 aliphatic carbocycles. The van der Waals surface area contributed by atoms with Crippen molar-refractivity contribution in [2.75, 3.05) is 26.3 Å². The number of pyridine rings is 2. The number of hydrogen-bond donors (Lipinski definition) is 0. The summed E-state index contributed by atoms with van der Waals surface area (Å²) in [4.78, 5) is 23.3. The number of piperidine rings is 1. The SMILES string of the molecule is Cc1cccc(OC2CCN(C(=O)c3ccnc(O[C@H]4CCOC4)c3)CC2)n1. The van der Waals surface area contributed by atoms with Gasteiger partial charge in [-0.1, -0.05) is 6.07 Å². The first kappa shape index (κ1) is 18.7. The predicted molar refractivity (Wildman–Crippen MR) is 103 cm³/mol. The van der Waals surface area contributed by atoms with Crippen LogP contribution in [0.4, 0.5) is 0 Å². The van der Waals surface area contributed by atoms with Crippen molar-refractivity contribution in [1.82, 2.24) is 14.9 Å². The minimum absolute atomic E-state index is 0.00190. The van der Waals surface area contributed by atoms with Crippen LogP contribution in [0.5, 0.6) is 11.8 Å². The van der Waals surface area contributed by atoms with Gasteiger partial charge in [-0.25, -0.2) is 9.97 Å². The molecule has 2 aliphatic heterocycles. The lowest BCUT2D eigenvalue weighted by atomic mass is 10.1. The summed E-state index contributed by atoms with van der Waals surface area (Å²) >= 11 is 0. The number of amides is 1. The zero-order chi connectivity index (χ0) is 19.3. The minimum Gasteiger partial charge on any atom is -0.474 e. The first-order valence-electron chi connectivity index (χ1n) is 9.77. The summed E-state index contributed by atoms with van der Waals surface area (Å²) in [6.07, 6.45) is 4.14. The maximum atomic E-state index is 12.9. The summed E-state index contributed by atoms with van der Waals surface area (Å²) in [6.45, 7) is 4.54. The molecule has 0 bridgehead atoms. The van der Waals surface area contributed by atoms with Gasteiger partial charge in [0.05, 0.1) is 13.2 Å². The van der Waals surface area contributed by atoms with Crippen LogP contribution in [-0.4, -0.2) is 59.3 Å². The number of carbonyl (C=O) groups is 1. The Morgan fingerprint density at radius 2 is 1.93 bits per heavy atom. The van der Waals surface area contributed by atoms with E-state index >= 15 is 0 Å². The lowest BCUT2D eigenvalue weighted by Gasteiger charge is -2.32. The largest absolute Gasteiger partial charge is 0.474 e. The van der Waals surface area contributed by atoms with E-state index in [1.54, 1.807) is 18.3 Å². The van der Waals surface area contributed by atoms with Crippen LogP contribution in [0, 0.1) is 6.92 Å². The van der Waals surface area contributed by atoms with Crippen LogP contribution in [0.15, 0.2) is 36.5 Å². The fraction of sp³-hybridized carbons (Fsp3) is 0.476. The third-order valence-corrected chi connectivity index (χ3v) is 5.04. The molecular weight excluding hydrogens is 358 g/mol. The Morgan fingerprint density at radius 1 is 1.11 bits per heavy atom. The van der Waals surface area contributed by atoms with E-state index < -0.39 is 0 Å². The topological polar surface area (TPSA) is 73.8 Å². The molecule has 7 heteroatoms. The molecule has 0 saturated carbocycles. The summed E-state index contributed by atoms with van der Waals surface area (Å²) < 4.78 is 17.1. The average molecular weight is 383 g/mol. The van der Waals surface area contributed by atoms with E-state index in [0.29, 0.717) is 43.6 Å². The number of rotatable bonds is 5. The van der Waals surface area contributed by atoms with Gasteiger partial charge in [-0.2, -0.15) is 0 Å². The number of carbonyl (C=O) groups excluding carboxylic acids is 1. The third kappa shape index (κ3) is 4.59. The van der Waals surface area contributed by atoms with E-state index in [1.165, 1.54) is 0 Å². The van der Waals surface area contributed by atoms with Crippen molar-refractivity contribution in [3.63, 3.8) is 0 Å². The van der Waals surface area contributed by atoms with Gasteiger partial charge in [0.1, 0.15) is 12.2 Å². The normalized spacial score (nSPS) is 20.2. The molecule has 1 atom stereocenters. The molecular formula is C21H25N3O4. The van der Waals surface area contributed by atoms with Crippen molar-refractivity contribution in [3.8, 4) is 11.8 Å².